The Morgan fingerprint density at radius 3 is 2.47 bits per heavy atom. The molecule has 156 valence electrons. The van der Waals surface area contributed by atoms with Gasteiger partial charge in [0.2, 0.25) is 10.0 Å². The van der Waals surface area contributed by atoms with Crippen molar-refractivity contribution in [2.24, 2.45) is 0 Å². The molecule has 0 aliphatic rings. The standard InChI is InChI=1S/C19H19N5O5S/c25-19(22-15-5-3-6-16(13-15)23-11-1-2-12-23)20-9-10-21-30(28,29)18-8-4-7-17(14-18)24(26)27/h1-8,11-14,21H,9-10H2,(H2,20,22,25). The van der Waals surface area contributed by atoms with Crippen LogP contribution in [0.2, 0.25) is 0 Å². The predicted octanol–water partition coefficient (Wildman–Crippen LogP) is 2.49. The van der Waals surface area contributed by atoms with Crippen LogP contribution in [-0.2, 0) is 10.0 Å². The molecule has 0 unspecified atom stereocenters. The van der Waals surface area contributed by atoms with Crippen molar-refractivity contribution in [2.45, 2.75) is 4.90 Å². The Balaban J connectivity index is 1.50. The number of anilines is 1. The summed E-state index contributed by atoms with van der Waals surface area (Å²) in [5, 5.41) is 16.0. The number of hydrogen-bond acceptors (Lipinski definition) is 5. The van der Waals surface area contributed by atoms with E-state index >= 15 is 0 Å². The Kier molecular flexibility index (Phi) is 6.45. The largest absolute Gasteiger partial charge is 0.337 e. The molecule has 30 heavy (non-hydrogen) atoms. The third-order valence-corrected chi connectivity index (χ3v) is 5.51. The van der Waals surface area contributed by atoms with Crippen molar-refractivity contribution in [2.75, 3.05) is 18.4 Å². The summed E-state index contributed by atoms with van der Waals surface area (Å²) >= 11 is 0. The van der Waals surface area contributed by atoms with E-state index in [4.69, 9.17) is 0 Å². The average molecular weight is 429 g/mol. The summed E-state index contributed by atoms with van der Waals surface area (Å²) in [6.07, 6.45) is 3.76. The van der Waals surface area contributed by atoms with Crippen molar-refractivity contribution in [3.63, 3.8) is 0 Å². The van der Waals surface area contributed by atoms with Gasteiger partial charge in [-0.05, 0) is 36.4 Å². The summed E-state index contributed by atoms with van der Waals surface area (Å²) in [6, 6.07) is 15.2. The minimum atomic E-state index is -3.93. The van der Waals surface area contributed by atoms with Crippen LogP contribution in [0.15, 0.2) is 78.0 Å². The number of sulfonamides is 1. The highest BCUT2D eigenvalue weighted by Crippen LogP contribution is 2.17. The van der Waals surface area contributed by atoms with Gasteiger partial charge in [0.05, 0.1) is 9.82 Å². The molecule has 0 aliphatic heterocycles. The lowest BCUT2D eigenvalue weighted by molar-refractivity contribution is -0.385. The van der Waals surface area contributed by atoms with Crippen LogP contribution in [-0.4, -0.2) is 37.0 Å². The van der Waals surface area contributed by atoms with Crippen LogP contribution in [0.3, 0.4) is 0 Å². The molecule has 3 aromatic rings. The van der Waals surface area contributed by atoms with Gasteiger partial charge in [-0.2, -0.15) is 0 Å². The van der Waals surface area contributed by atoms with E-state index in [0.29, 0.717) is 5.69 Å². The highest BCUT2D eigenvalue weighted by atomic mass is 32.2. The molecule has 0 atom stereocenters. The van der Waals surface area contributed by atoms with Crippen LogP contribution in [0.5, 0.6) is 0 Å². The SMILES string of the molecule is O=C(NCCNS(=O)(=O)c1cccc([N+](=O)[O-])c1)Nc1cccc(-n2cccc2)c1. The number of nitrogens with one attached hydrogen (secondary N) is 3. The summed E-state index contributed by atoms with van der Waals surface area (Å²) in [7, 11) is -3.93. The Bertz CT molecular complexity index is 1150. The number of hydrogen-bond donors (Lipinski definition) is 3. The third kappa shape index (κ3) is 5.43. The van der Waals surface area contributed by atoms with Crippen molar-refractivity contribution in [3.05, 3.63) is 83.2 Å². The average Bonchev–Trinajstić information content (AvgIpc) is 3.26. The number of benzene rings is 2. The van der Waals surface area contributed by atoms with E-state index in [0.717, 1.165) is 11.8 Å². The summed E-state index contributed by atoms with van der Waals surface area (Å²) in [5.41, 5.74) is 1.14. The quantitative estimate of drug-likeness (QED) is 0.287. The van der Waals surface area contributed by atoms with E-state index in [9.17, 15) is 23.3 Å². The Morgan fingerprint density at radius 1 is 1.00 bits per heavy atom. The summed E-state index contributed by atoms with van der Waals surface area (Å²) in [5.74, 6) is 0. The summed E-state index contributed by atoms with van der Waals surface area (Å²) in [6.45, 7) is -0.0564. The molecule has 2 aromatic carbocycles. The van der Waals surface area contributed by atoms with E-state index in [1.54, 1.807) is 18.2 Å². The van der Waals surface area contributed by atoms with Crippen LogP contribution < -0.4 is 15.4 Å². The smallest absolute Gasteiger partial charge is 0.319 e. The molecule has 10 nitrogen and oxygen atoms in total. The molecular weight excluding hydrogens is 410 g/mol. The van der Waals surface area contributed by atoms with E-state index in [1.807, 2.05) is 35.2 Å². The molecule has 0 saturated carbocycles. The molecule has 0 radical (unpaired) electrons. The van der Waals surface area contributed by atoms with Crippen molar-refractivity contribution < 1.29 is 18.1 Å². The Labute approximate surface area is 172 Å². The van der Waals surface area contributed by atoms with Gasteiger partial charge in [0.1, 0.15) is 0 Å². The first-order valence-corrected chi connectivity index (χ1v) is 10.4. The van der Waals surface area contributed by atoms with Gasteiger partial charge < -0.3 is 15.2 Å². The molecule has 2 amide bonds. The fourth-order valence-electron chi connectivity index (χ4n) is 2.64. The minimum absolute atomic E-state index is 0.0251. The van der Waals surface area contributed by atoms with Gasteiger partial charge in [0.15, 0.2) is 0 Å². The number of urea groups is 1. The number of nitro groups is 1. The van der Waals surface area contributed by atoms with E-state index < -0.39 is 21.0 Å². The van der Waals surface area contributed by atoms with Gasteiger partial charge in [0.25, 0.3) is 5.69 Å². The molecule has 1 heterocycles. The fourth-order valence-corrected chi connectivity index (χ4v) is 3.71. The first-order valence-electron chi connectivity index (χ1n) is 8.87. The number of non-ortho nitro benzene ring substituents is 1. The van der Waals surface area contributed by atoms with E-state index in [2.05, 4.69) is 15.4 Å². The zero-order valence-electron chi connectivity index (χ0n) is 15.7. The van der Waals surface area contributed by atoms with Gasteiger partial charge >= 0.3 is 6.03 Å². The van der Waals surface area contributed by atoms with E-state index in [-0.39, 0.29) is 23.7 Å². The molecule has 0 spiro atoms. The van der Waals surface area contributed by atoms with Crippen LogP contribution in [0, 0.1) is 10.1 Å². The Hall–Kier alpha value is -3.70. The maximum atomic E-state index is 12.2. The lowest BCUT2D eigenvalue weighted by Gasteiger charge is -2.10. The second-order valence-corrected chi connectivity index (χ2v) is 7.94. The molecule has 1 aromatic heterocycles. The lowest BCUT2D eigenvalue weighted by atomic mass is 10.3. The number of nitro benzene ring substituents is 1. The van der Waals surface area contributed by atoms with Crippen molar-refractivity contribution in [3.8, 4) is 5.69 Å². The molecule has 0 bridgehead atoms. The molecule has 11 heteroatoms. The molecule has 3 rings (SSSR count). The third-order valence-electron chi connectivity index (χ3n) is 4.05. The van der Waals surface area contributed by atoms with Crippen LogP contribution >= 0.6 is 0 Å². The van der Waals surface area contributed by atoms with Gasteiger partial charge in [-0.15, -0.1) is 0 Å². The van der Waals surface area contributed by atoms with Gasteiger partial charge in [-0.3, -0.25) is 10.1 Å². The number of carbonyl (C=O) groups excluding carboxylic acids is 1. The van der Waals surface area contributed by atoms with Gasteiger partial charge in [-0.1, -0.05) is 12.1 Å². The number of carbonyl (C=O) groups is 1. The first kappa shape index (κ1) is 21.0. The van der Waals surface area contributed by atoms with Crippen LogP contribution in [0.1, 0.15) is 0 Å². The second kappa shape index (κ2) is 9.20. The first-order chi connectivity index (χ1) is 14.3. The van der Waals surface area contributed by atoms with Gasteiger partial charge in [-0.25, -0.2) is 17.9 Å². The van der Waals surface area contributed by atoms with Gasteiger partial charge in [0, 0.05) is 49.0 Å². The van der Waals surface area contributed by atoms with Crippen molar-refractivity contribution in [1.82, 2.24) is 14.6 Å². The normalized spacial score (nSPS) is 11.1. The molecule has 3 N–H and O–H groups in total. The fraction of sp³-hybridized carbons (Fsp3) is 0.105. The molecule has 0 saturated heterocycles. The Morgan fingerprint density at radius 2 is 1.73 bits per heavy atom. The number of amides is 2. The zero-order valence-corrected chi connectivity index (χ0v) is 16.5. The number of rotatable bonds is 8. The lowest BCUT2D eigenvalue weighted by Crippen LogP contribution is -2.36. The number of nitrogens with zero attached hydrogens (tertiary/aromatic N) is 2. The van der Waals surface area contributed by atoms with Crippen LogP contribution in [0.25, 0.3) is 5.69 Å². The summed E-state index contributed by atoms with van der Waals surface area (Å²) < 4.78 is 28.6. The monoisotopic (exact) mass is 429 g/mol. The van der Waals surface area contributed by atoms with Crippen molar-refractivity contribution in [1.29, 1.82) is 0 Å². The molecule has 0 fully saturated rings. The minimum Gasteiger partial charge on any atom is -0.337 e. The maximum absolute atomic E-state index is 12.2. The number of aromatic nitrogens is 1. The second-order valence-electron chi connectivity index (χ2n) is 6.17. The predicted molar refractivity (Wildman–Crippen MR) is 111 cm³/mol. The molecular formula is C19H19N5O5S. The molecule has 0 aliphatic carbocycles. The van der Waals surface area contributed by atoms with Crippen LogP contribution in [0.4, 0.5) is 16.2 Å². The zero-order chi connectivity index (χ0) is 21.6. The maximum Gasteiger partial charge on any atom is 0.319 e. The van der Waals surface area contributed by atoms with Crippen molar-refractivity contribution >= 4 is 27.4 Å². The summed E-state index contributed by atoms with van der Waals surface area (Å²) in [4.78, 5) is 21.9. The highest BCUT2D eigenvalue weighted by molar-refractivity contribution is 7.89. The highest BCUT2D eigenvalue weighted by Gasteiger charge is 2.17. The van der Waals surface area contributed by atoms with E-state index in [1.165, 1.54) is 18.2 Å². The topological polar surface area (TPSA) is 135 Å².